The van der Waals surface area contributed by atoms with Crippen LogP contribution in [0, 0.1) is 6.92 Å². The first kappa shape index (κ1) is 16.9. The molecule has 0 spiro atoms. The second-order valence-electron chi connectivity index (χ2n) is 5.70. The number of rotatable bonds is 5. The molecular weight excluding hydrogens is 335 g/mol. The topological polar surface area (TPSA) is 34.1 Å². The van der Waals surface area contributed by atoms with Gasteiger partial charge in [-0.25, -0.2) is 0 Å². The highest BCUT2D eigenvalue weighted by atomic mass is 32.2. The van der Waals surface area contributed by atoms with Crippen molar-refractivity contribution in [2.75, 3.05) is 5.49 Å². The Hall–Kier alpha value is -1.96. The summed E-state index contributed by atoms with van der Waals surface area (Å²) in [6.07, 6.45) is 0. The molecule has 0 saturated heterocycles. The molecule has 0 aliphatic heterocycles. The zero-order valence-corrected chi connectivity index (χ0v) is 15.2. The van der Waals surface area contributed by atoms with E-state index in [9.17, 15) is 8.77 Å². The third kappa shape index (κ3) is 3.58. The monoisotopic (exact) mass is 354 g/mol. The average Bonchev–Trinajstić information content (AvgIpc) is 2.63. The molecule has 0 aliphatic rings. The molecule has 3 aromatic rings. The second-order valence-corrected chi connectivity index (χ2v) is 10.4. The Labute approximate surface area is 145 Å². The van der Waals surface area contributed by atoms with E-state index in [0.717, 1.165) is 16.2 Å². The lowest BCUT2D eigenvalue weighted by Gasteiger charge is -2.19. The lowest BCUT2D eigenvalue weighted by molar-refractivity contribution is 0.589. The molecule has 2 nitrogen and oxygen atoms in total. The molecule has 0 amide bonds. The van der Waals surface area contributed by atoms with Crippen molar-refractivity contribution in [1.82, 2.24) is 0 Å². The molecule has 1 atom stereocenters. The SMILES string of the molecule is Cc1ccc([S@](=O)CP(=O)(c2ccccc2)c2ccccc2)cc1. The number of hydrogen-bond acceptors (Lipinski definition) is 2. The molecule has 122 valence electrons. The van der Waals surface area contributed by atoms with Crippen LogP contribution in [-0.2, 0) is 15.4 Å². The predicted octanol–water partition coefficient (Wildman–Crippen LogP) is 4.07. The molecule has 0 radical (unpaired) electrons. The maximum atomic E-state index is 13.9. The van der Waals surface area contributed by atoms with E-state index in [4.69, 9.17) is 0 Å². The minimum atomic E-state index is -2.96. The van der Waals surface area contributed by atoms with Crippen LogP contribution in [0.15, 0.2) is 89.8 Å². The van der Waals surface area contributed by atoms with Crippen molar-refractivity contribution < 1.29 is 8.77 Å². The van der Waals surface area contributed by atoms with Crippen LogP contribution in [0.2, 0.25) is 0 Å². The van der Waals surface area contributed by atoms with Gasteiger partial charge in [0.15, 0.2) is 7.14 Å². The van der Waals surface area contributed by atoms with Crippen molar-refractivity contribution in [3.63, 3.8) is 0 Å². The highest BCUT2D eigenvalue weighted by molar-refractivity contribution is 7.98. The van der Waals surface area contributed by atoms with Gasteiger partial charge in [-0.15, -0.1) is 0 Å². The Morgan fingerprint density at radius 3 is 1.67 bits per heavy atom. The summed E-state index contributed by atoms with van der Waals surface area (Å²) in [5.74, 6) is 0. The third-order valence-electron chi connectivity index (χ3n) is 3.93. The van der Waals surface area contributed by atoms with Crippen molar-refractivity contribution in [1.29, 1.82) is 0 Å². The summed E-state index contributed by atoms with van der Waals surface area (Å²) in [4.78, 5) is 0.715. The fourth-order valence-electron chi connectivity index (χ4n) is 2.57. The molecule has 3 aromatic carbocycles. The summed E-state index contributed by atoms with van der Waals surface area (Å²) in [6.45, 7) is 1.99. The predicted molar refractivity (Wildman–Crippen MR) is 102 cm³/mol. The minimum Gasteiger partial charge on any atom is -0.313 e. The summed E-state index contributed by atoms with van der Waals surface area (Å²) in [5.41, 5.74) is 1.23. The first-order valence-corrected chi connectivity index (χ1v) is 11.0. The van der Waals surface area contributed by atoms with Crippen LogP contribution in [0.1, 0.15) is 5.56 Å². The molecule has 0 saturated carbocycles. The van der Waals surface area contributed by atoms with Crippen molar-refractivity contribution >= 4 is 28.6 Å². The minimum absolute atomic E-state index is 0.115. The van der Waals surface area contributed by atoms with Crippen LogP contribution >= 0.6 is 7.14 Å². The van der Waals surface area contributed by atoms with Gasteiger partial charge in [0.25, 0.3) is 0 Å². The zero-order chi connectivity index (χ0) is 17.0. The van der Waals surface area contributed by atoms with Crippen LogP contribution in [0.5, 0.6) is 0 Å². The van der Waals surface area contributed by atoms with Crippen molar-refractivity contribution in [2.24, 2.45) is 0 Å². The van der Waals surface area contributed by atoms with Gasteiger partial charge in [0.05, 0.1) is 16.3 Å². The van der Waals surface area contributed by atoms with Crippen LogP contribution in [0.4, 0.5) is 0 Å². The van der Waals surface area contributed by atoms with E-state index >= 15 is 0 Å². The fourth-order valence-corrected chi connectivity index (χ4v) is 7.72. The maximum Gasteiger partial charge on any atom is 0.155 e. The molecule has 0 unspecified atom stereocenters. The van der Waals surface area contributed by atoms with Crippen molar-refractivity contribution in [2.45, 2.75) is 11.8 Å². The third-order valence-corrected chi connectivity index (χ3v) is 9.38. The van der Waals surface area contributed by atoms with E-state index in [0.29, 0.717) is 4.90 Å². The zero-order valence-electron chi connectivity index (χ0n) is 13.5. The number of hydrogen-bond donors (Lipinski definition) is 0. The summed E-state index contributed by atoms with van der Waals surface area (Å²) in [5, 5.41) is 1.49. The Morgan fingerprint density at radius 2 is 1.21 bits per heavy atom. The Morgan fingerprint density at radius 1 is 0.750 bits per heavy atom. The highest BCUT2D eigenvalue weighted by Crippen LogP contribution is 2.44. The van der Waals surface area contributed by atoms with Gasteiger partial charge in [0, 0.05) is 15.5 Å². The molecular formula is C20H19O2PS. The summed E-state index contributed by atoms with van der Waals surface area (Å²) in [6, 6.07) is 26.3. The molecule has 0 heterocycles. The number of benzene rings is 3. The molecule has 0 fully saturated rings. The van der Waals surface area contributed by atoms with Crippen LogP contribution in [0.3, 0.4) is 0 Å². The maximum absolute atomic E-state index is 13.9. The smallest absolute Gasteiger partial charge is 0.155 e. The van der Waals surface area contributed by atoms with Crippen LogP contribution in [-0.4, -0.2) is 9.70 Å². The molecule has 0 aliphatic carbocycles. The highest BCUT2D eigenvalue weighted by Gasteiger charge is 2.30. The quantitative estimate of drug-likeness (QED) is 0.647. The largest absolute Gasteiger partial charge is 0.313 e. The van der Waals surface area contributed by atoms with Gasteiger partial charge in [-0.2, -0.15) is 0 Å². The number of aryl methyl sites for hydroxylation is 1. The average molecular weight is 354 g/mol. The molecule has 0 N–H and O–H groups in total. The molecule has 3 rings (SSSR count). The van der Waals surface area contributed by atoms with E-state index < -0.39 is 17.9 Å². The molecule has 4 heteroatoms. The van der Waals surface area contributed by atoms with Gasteiger partial charge in [-0.1, -0.05) is 78.4 Å². The van der Waals surface area contributed by atoms with E-state index in [-0.39, 0.29) is 5.49 Å². The first-order chi connectivity index (χ1) is 11.6. The van der Waals surface area contributed by atoms with E-state index in [1.807, 2.05) is 91.9 Å². The lowest BCUT2D eigenvalue weighted by Crippen LogP contribution is -2.20. The van der Waals surface area contributed by atoms with Crippen molar-refractivity contribution in [3.8, 4) is 0 Å². The summed E-state index contributed by atoms with van der Waals surface area (Å²) < 4.78 is 26.7. The fraction of sp³-hybridized carbons (Fsp3) is 0.100. The van der Waals surface area contributed by atoms with Gasteiger partial charge >= 0.3 is 0 Å². The first-order valence-electron chi connectivity index (χ1n) is 7.75. The van der Waals surface area contributed by atoms with Crippen LogP contribution < -0.4 is 10.6 Å². The van der Waals surface area contributed by atoms with E-state index in [2.05, 4.69) is 0 Å². The normalized spacial score (nSPS) is 12.7. The Kier molecular flexibility index (Phi) is 5.13. The summed E-state index contributed by atoms with van der Waals surface area (Å²) >= 11 is 0. The van der Waals surface area contributed by atoms with Crippen LogP contribution in [0.25, 0.3) is 0 Å². The Bertz CT molecular complexity index is 831. The standard InChI is InChI=1S/C20H19O2PS/c1-17-12-14-20(15-13-17)24(22)16-23(21,18-8-4-2-5-9-18)19-10-6-3-7-11-19/h2-15H,16H2,1H3/t24-/m1/s1. The van der Waals surface area contributed by atoms with Gasteiger partial charge in [0.1, 0.15) is 0 Å². The van der Waals surface area contributed by atoms with Gasteiger partial charge in [-0.3, -0.25) is 4.21 Å². The summed E-state index contributed by atoms with van der Waals surface area (Å²) in [7, 11) is -4.28. The van der Waals surface area contributed by atoms with Gasteiger partial charge in [-0.05, 0) is 19.1 Å². The molecule has 24 heavy (non-hydrogen) atoms. The Balaban J connectivity index is 2.02. The van der Waals surface area contributed by atoms with E-state index in [1.54, 1.807) is 0 Å². The molecule has 0 bridgehead atoms. The lowest BCUT2D eigenvalue weighted by atomic mass is 10.2. The van der Waals surface area contributed by atoms with Crippen molar-refractivity contribution in [3.05, 3.63) is 90.5 Å². The van der Waals surface area contributed by atoms with E-state index in [1.165, 1.54) is 0 Å². The second kappa shape index (κ2) is 7.29. The van der Waals surface area contributed by atoms with Gasteiger partial charge in [0.2, 0.25) is 0 Å². The molecule has 0 aromatic heterocycles. The van der Waals surface area contributed by atoms with Gasteiger partial charge < -0.3 is 4.57 Å².